The minimum atomic E-state index is -0.757. The Kier molecular flexibility index (Phi) is 11.0. The molecule has 4 nitrogen and oxygen atoms in total. The van der Waals surface area contributed by atoms with Gasteiger partial charge >= 0.3 is 5.97 Å². The third-order valence-electron chi connectivity index (χ3n) is 6.29. The summed E-state index contributed by atoms with van der Waals surface area (Å²) >= 11 is 0. The van der Waals surface area contributed by atoms with Gasteiger partial charge in [0.1, 0.15) is 12.2 Å². The van der Waals surface area contributed by atoms with E-state index >= 15 is 0 Å². The van der Waals surface area contributed by atoms with Crippen LogP contribution in [-0.4, -0.2) is 32.4 Å². The van der Waals surface area contributed by atoms with Crippen molar-refractivity contribution < 1.29 is 19.0 Å². The summed E-state index contributed by atoms with van der Waals surface area (Å²) in [7, 11) is 0. The van der Waals surface area contributed by atoms with Crippen LogP contribution in [0.15, 0.2) is 91.0 Å². The van der Waals surface area contributed by atoms with E-state index in [0.29, 0.717) is 19.8 Å². The summed E-state index contributed by atoms with van der Waals surface area (Å²) in [5.74, 6) is -0.126. The minimum absolute atomic E-state index is 0.0125. The van der Waals surface area contributed by atoms with Gasteiger partial charge in [0.15, 0.2) is 0 Å². The summed E-state index contributed by atoms with van der Waals surface area (Å²) in [6.45, 7) is 5.58. The maximum Gasteiger partial charge on any atom is 0.308 e. The van der Waals surface area contributed by atoms with Crippen LogP contribution < -0.4 is 0 Å². The molecule has 3 aromatic carbocycles. The third kappa shape index (κ3) is 7.27. The van der Waals surface area contributed by atoms with E-state index in [1.54, 1.807) is 0 Å². The van der Waals surface area contributed by atoms with Crippen LogP contribution in [0.1, 0.15) is 56.2 Å². The first-order chi connectivity index (χ1) is 17.2. The Bertz CT molecular complexity index is 876. The fourth-order valence-corrected chi connectivity index (χ4v) is 4.38. The number of carbonyl (C=O) groups excluding carboxylic acids is 1. The summed E-state index contributed by atoms with van der Waals surface area (Å²) in [5.41, 5.74) is 2.42. The van der Waals surface area contributed by atoms with Gasteiger partial charge in [0.2, 0.25) is 0 Å². The fraction of sp³-hybridized carbons (Fsp3) is 0.387. The molecule has 0 aliphatic heterocycles. The molecule has 4 heteroatoms. The molecule has 35 heavy (non-hydrogen) atoms. The van der Waals surface area contributed by atoms with E-state index in [2.05, 4.69) is 43.3 Å². The zero-order valence-electron chi connectivity index (χ0n) is 21.0. The van der Waals surface area contributed by atoms with Crippen molar-refractivity contribution >= 4 is 5.97 Å². The van der Waals surface area contributed by atoms with Gasteiger partial charge in [-0.05, 0) is 29.5 Å². The monoisotopic (exact) mass is 474 g/mol. The predicted octanol–water partition coefficient (Wildman–Crippen LogP) is 6.77. The molecular weight excluding hydrogens is 436 g/mol. The number of unbranched alkanes of at least 4 members (excludes halogenated alkanes) is 1. The first-order valence-electron chi connectivity index (χ1n) is 12.8. The fourth-order valence-electron chi connectivity index (χ4n) is 4.38. The Labute approximate surface area is 210 Å². The third-order valence-corrected chi connectivity index (χ3v) is 6.29. The number of benzene rings is 3. The average molecular weight is 475 g/mol. The first-order valence-corrected chi connectivity index (χ1v) is 12.8. The van der Waals surface area contributed by atoms with Crippen LogP contribution in [0.3, 0.4) is 0 Å². The summed E-state index contributed by atoms with van der Waals surface area (Å²) in [6, 6.07) is 30.9. The number of hydrogen-bond acceptors (Lipinski definition) is 4. The largest absolute Gasteiger partial charge is 0.463 e. The van der Waals surface area contributed by atoms with Crippen molar-refractivity contribution in [2.45, 2.75) is 45.1 Å². The number of carbonyl (C=O) groups is 1. The van der Waals surface area contributed by atoms with Crippen LogP contribution in [0.5, 0.6) is 0 Å². The Morgan fingerprint density at radius 3 is 1.66 bits per heavy atom. The van der Waals surface area contributed by atoms with Crippen molar-refractivity contribution in [3.8, 4) is 0 Å². The van der Waals surface area contributed by atoms with E-state index in [0.717, 1.165) is 42.4 Å². The number of ether oxygens (including phenoxy) is 3. The average Bonchev–Trinajstić information content (AvgIpc) is 2.92. The molecule has 0 aliphatic rings. The lowest BCUT2D eigenvalue weighted by atomic mass is 9.80. The second-order valence-corrected chi connectivity index (χ2v) is 8.65. The van der Waals surface area contributed by atoms with Crippen molar-refractivity contribution in [3.05, 3.63) is 108 Å². The van der Waals surface area contributed by atoms with Gasteiger partial charge in [0.05, 0.1) is 25.7 Å². The van der Waals surface area contributed by atoms with Crippen LogP contribution in [0.4, 0.5) is 0 Å². The minimum Gasteiger partial charge on any atom is -0.463 e. The zero-order chi connectivity index (χ0) is 24.8. The van der Waals surface area contributed by atoms with Gasteiger partial charge in [-0.15, -0.1) is 0 Å². The molecule has 0 aromatic heterocycles. The second kappa shape index (κ2) is 14.4. The van der Waals surface area contributed by atoms with Crippen molar-refractivity contribution in [3.63, 3.8) is 0 Å². The predicted molar refractivity (Wildman–Crippen MR) is 140 cm³/mol. The van der Waals surface area contributed by atoms with Gasteiger partial charge < -0.3 is 14.2 Å². The number of esters is 1. The molecule has 186 valence electrons. The van der Waals surface area contributed by atoms with Crippen LogP contribution >= 0.6 is 0 Å². The molecule has 0 radical (unpaired) electrons. The molecule has 0 N–H and O–H groups in total. The van der Waals surface area contributed by atoms with E-state index in [-0.39, 0.29) is 18.5 Å². The lowest BCUT2D eigenvalue weighted by Crippen LogP contribution is -2.34. The second-order valence-electron chi connectivity index (χ2n) is 8.65. The molecule has 0 fully saturated rings. The molecule has 0 aliphatic carbocycles. The van der Waals surface area contributed by atoms with Crippen LogP contribution in [0, 0.1) is 5.92 Å². The van der Waals surface area contributed by atoms with Crippen LogP contribution in [0.2, 0.25) is 0 Å². The summed E-state index contributed by atoms with van der Waals surface area (Å²) in [4.78, 5) is 12.3. The van der Waals surface area contributed by atoms with Gasteiger partial charge in [-0.1, -0.05) is 118 Å². The molecule has 1 atom stereocenters. The van der Waals surface area contributed by atoms with Crippen molar-refractivity contribution in [1.82, 2.24) is 0 Å². The molecule has 3 aromatic rings. The summed E-state index contributed by atoms with van der Waals surface area (Å²) < 4.78 is 17.9. The molecule has 3 rings (SSSR count). The quantitative estimate of drug-likeness (QED) is 0.138. The Hall–Kier alpha value is -2.95. The highest BCUT2D eigenvalue weighted by atomic mass is 16.6. The highest BCUT2D eigenvalue weighted by Gasteiger charge is 2.37. The van der Waals surface area contributed by atoms with Crippen molar-refractivity contribution in [1.29, 1.82) is 0 Å². The normalized spacial score (nSPS) is 12.3. The first kappa shape index (κ1) is 26.7. The van der Waals surface area contributed by atoms with Gasteiger partial charge in [-0.25, -0.2) is 0 Å². The van der Waals surface area contributed by atoms with Crippen molar-refractivity contribution in [2.24, 2.45) is 5.92 Å². The molecule has 1 unspecified atom stereocenters. The molecular formula is C31H38O4. The van der Waals surface area contributed by atoms with Crippen LogP contribution in [-0.2, 0) is 24.6 Å². The van der Waals surface area contributed by atoms with E-state index < -0.39 is 5.60 Å². The lowest BCUT2D eigenvalue weighted by molar-refractivity contribution is -0.150. The van der Waals surface area contributed by atoms with Gasteiger partial charge in [0, 0.05) is 0 Å². The smallest absolute Gasteiger partial charge is 0.308 e. The van der Waals surface area contributed by atoms with E-state index in [9.17, 15) is 4.79 Å². The van der Waals surface area contributed by atoms with Gasteiger partial charge in [-0.3, -0.25) is 4.79 Å². The Morgan fingerprint density at radius 1 is 0.714 bits per heavy atom. The SMILES string of the molecule is CCCCC(CC)C(=O)OCCOCCOC(c1ccccc1)(c1ccccc1)c1ccccc1. The zero-order valence-corrected chi connectivity index (χ0v) is 21.0. The summed E-state index contributed by atoms with van der Waals surface area (Å²) in [6.07, 6.45) is 3.84. The Morgan fingerprint density at radius 2 is 1.20 bits per heavy atom. The highest BCUT2D eigenvalue weighted by molar-refractivity contribution is 5.72. The Balaban J connectivity index is 1.63. The van der Waals surface area contributed by atoms with Gasteiger partial charge in [0.25, 0.3) is 0 Å². The molecule has 0 bridgehead atoms. The number of rotatable bonds is 15. The molecule has 0 saturated carbocycles. The van der Waals surface area contributed by atoms with Crippen LogP contribution in [0.25, 0.3) is 0 Å². The number of hydrogen-bond donors (Lipinski definition) is 0. The summed E-state index contributed by atoms with van der Waals surface area (Å²) in [5, 5.41) is 0. The molecule has 0 saturated heterocycles. The lowest BCUT2D eigenvalue weighted by Gasteiger charge is -2.36. The topological polar surface area (TPSA) is 44.8 Å². The molecule has 0 heterocycles. The van der Waals surface area contributed by atoms with E-state index in [1.165, 1.54) is 0 Å². The highest BCUT2D eigenvalue weighted by Crippen LogP contribution is 2.40. The maximum absolute atomic E-state index is 12.3. The van der Waals surface area contributed by atoms with Gasteiger partial charge in [-0.2, -0.15) is 0 Å². The van der Waals surface area contributed by atoms with E-state index in [4.69, 9.17) is 14.2 Å². The molecule has 0 spiro atoms. The standard InChI is InChI=1S/C31H38O4/c1-3-5-15-26(4-2)30(32)34-24-22-33-23-25-35-31(27-16-9-6-10-17-27,28-18-11-7-12-19-28)29-20-13-8-14-21-29/h6-14,16-21,26H,3-5,15,22-25H2,1-2H3. The maximum atomic E-state index is 12.3. The van der Waals surface area contributed by atoms with Crippen molar-refractivity contribution in [2.75, 3.05) is 26.4 Å². The van der Waals surface area contributed by atoms with E-state index in [1.807, 2.05) is 61.5 Å². The molecule has 0 amide bonds.